The van der Waals surface area contributed by atoms with Crippen molar-refractivity contribution in [3.8, 4) is 0 Å². The van der Waals surface area contributed by atoms with E-state index in [0.717, 1.165) is 18.4 Å². The van der Waals surface area contributed by atoms with E-state index in [9.17, 15) is 9.59 Å². The van der Waals surface area contributed by atoms with Crippen molar-refractivity contribution in [2.45, 2.75) is 39.7 Å². The van der Waals surface area contributed by atoms with Crippen molar-refractivity contribution in [2.24, 2.45) is 0 Å². The molecule has 0 atom stereocenters. The molecule has 0 heterocycles. The van der Waals surface area contributed by atoms with Crippen LogP contribution in [0.3, 0.4) is 0 Å². The molecule has 1 aromatic carbocycles. The van der Waals surface area contributed by atoms with Gasteiger partial charge in [-0.15, -0.1) is 0 Å². The molecule has 3 N–H and O–H groups in total. The Morgan fingerprint density at radius 2 is 1.86 bits per heavy atom. The van der Waals surface area contributed by atoms with Crippen LogP contribution in [0.4, 0.5) is 0 Å². The highest BCUT2D eigenvalue weighted by Gasteiger charge is 2.01. The second kappa shape index (κ2) is 9.84. The number of hydrogen-bond donors (Lipinski definition) is 3. The van der Waals surface area contributed by atoms with E-state index in [0.29, 0.717) is 23.7 Å². The molecule has 1 rings (SSSR count). The first kappa shape index (κ1) is 18.0. The summed E-state index contributed by atoms with van der Waals surface area (Å²) in [5, 5.41) is 3.42. The predicted molar refractivity (Wildman–Crippen MR) is 87.9 cm³/mol. The summed E-state index contributed by atoms with van der Waals surface area (Å²) in [4.78, 5) is 23.2. The maximum atomic E-state index is 11.7. The zero-order chi connectivity index (χ0) is 16.4. The van der Waals surface area contributed by atoms with Crippen LogP contribution in [0, 0.1) is 0 Å². The van der Waals surface area contributed by atoms with Crippen LogP contribution in [0.15, 0.2) is 36.0 Å². The summed E-state index contributed by atoms with van der Waals surface area (Å²) in [7, 11) is 0. The molecule has 0 aliphatic heterocycles. The Bertz CT molecular complexity index is 527. The molecule has 2 amide bonds. The van der Waals surface area contributed by atoms with Crippen molar-refractivity contribution in [1.29, 1.82) is 0 Å². The van der Waals surface area contributed by atoms with Gasteiger partial charge < -0.3 is 10.7 Å². The van der Waals surface area contributed by atoms with Crippen molar-refractivity contribution in [1.82, 2.24) is 16.2 Å². The second-order valence-corrected chi connectivity index (χ2v) is 5.38. The highest BCUT2D eigenvalue weighted by atomic mass is 35.5. The van der Waals surface area contributed by atoms with Crippen LogP contribution in [0.2, 0.25) is 5.02 Å². The fraction of sp³-hybridized carbons (Fsp3) is 0.375. The van der Waals surface area contributed by atoms with Crippen LogP contribution in [-0.2, 0) is 16.1 Å². The minimum atomic E-state index is -0.234. The molecule has 120 valence electrons. The van der Waals surface area contributed by atoms with Crippen molar-refractivity contribution in [3.05, 3.63) is 46.6 Å². The molecule has 0 aliphatic carbocycles. The van der Waals surface area contributed by atoms with E-state index >= 15 is 0 Å². The van der Waals surface area contributed by atoms with Crippen molar-refractivity contribution < 1.29 is 9.59 Å². The third kappa shape index (κ3) is 7.69. The standard InChI is InChI=1S/C16H22ClN3O2/c1-3-4-5-15(21)20-19-12(2)10-16(22)18-11-13-6-8-14(17)9-7-13/h6-10,19H,3-5,11H2,1-2H3,(H,18,22)(H,20,21). The lowest BCUT2D eigenvalue weighted by Crippen LogP contribution is -2.36. The van der Waals surface area contributed by atoms with Gasteiger partial charge in [-0.2, -0.15) is 0 Å². The SMILES string of the molecule is CCCCC(=O)NNC(C)=CC(=O)NCc1ccc(Cl)cc1. The largest absolute Gasteiger partial charge is 0.348 e. The Balaban J connectivity index is 2.32. The Morgan fingerprint density at radius 3 is 2.50 bits per heavy atom. The molecule has 1 aromatic rings. The second-order valence-electron chi connectivity index (χ2n) is 4.95. The van der Waals surface area contributed by atoms with E-state index in [2.05, 4.69) is 16.2 Å². The maximum Gasteiger partial charge on any atom is 0.246 e. The number of unbranched alkanes of at least 4 members (excludes halogenated alkanes) is 1. The van der Waals surface area contributed by atoms with Gasteiger partial charge in [0.15, 0.2) is 0 Å². The van der Waals surface area contributed by atoms with E-state index in [1.54, 1.807) is 19.1 Å². The van der Waals surface area contributed by atoms with Crippen molar-refractivity contribution in [2.75, 3.05) is 0 Å². The lowest BCUT2D eigenvalue weighted by molar-refractivity contribution is -0.122. The molecule has 0 bridgehead atoms. The molecule has 0 saturated carbocycles. The smallest absolute Gasteiger partial charge is 0.246 e. The first-order valence-corrected chi connectivity index (χ1v) is 7.64. The molecule has 5 nitrogen and oxygen atoms in total. The fourth-order valence-corrected chi connectivity index (χ4v) is 1.77. The van der Waals surface area contributed by atoms with E-state index in [4.69, 9.17) is 11.6 Å². The molecule has 0 fully saturated rings. The monoisotopic (exact) mass is 323 g/mol. The molecule has 6 heteroatoms. The number of hydrogen-bond acceptors (Lipinski definition) is 3. The molecule has 22 heavy (non-hydrogen) atoms. The van der Waals surface area contributed by atoms with Gasteiger partial charge in [0.25, 0.3) is 0 Å². The Morgan fingerprint density at radius 1 is 1.18 bits per heavy atom. The molecule has 0 saturated heterocycles. The first-order valence-electron chi connectivity index (χ1n) is 7.26. The Labute approximate surface area is 136 Å². The third-order valence-corrected chi connectivity index (χ3v) is 3.14. The highest BCUT2D eigenvalue weighted by Crippen LogP contribution is 2.09. The lowest BCUT2D eigenvalue weighted by atomic mass is 10.2. The van der Waals surface area contributed by atoms with Crippen molar-refractivity contribution >= 4 is 23.4 Å². The number of amides is 2. The normalized spacial score (nSPS) is 11.0. The summed E-state index contributed by atoms with van der Waals surface area (Å²) in [6.07, 6.45) is 3.68. The third-order valence-electron chi connectivity index (χ3n) is 2.88. The summed E-state index contributed by atoms with van der Waals surface area (Å²) < 4.78 is 0. The topological polar surface area (TPSA) is 70.2 Å². The number of allylic oxidation sites excluding steroid dienone is 1. The average Bonchev–Trinajstić information content (AvgIpc) is 2.50. The number of benzene rings is 1. The number of rotatable bonds is 8. The summed E-state index contributed by atoms with van der Waals surface area (Å²) >= 11 is 5.80. The summed E-state index contributed by atoms with van der Waals surface area (Å²) in [6, 6.07) is 7.26. The Kier molecular flexibility index (Phi) is 8.07. The quantitative estimate of drug-likeness (QED) is 0.509. The number of hydrazine groups is 1. The molecule has 0 spiro atoms. The van der Waals surface area contributed by atoms with E-state index < -0.39 is 0 Å². The van der Waals surface area contributed by atoms with Gasteiger partial charge in [-0.1, -0.05) is 37.1 Å². The van der Waals surface area contributed by atoms with Crippen molar-refractivity contribution in [3.63, 3.8) is 0 Å². The number of carbonyl (C=O) groups excluding carboxylic acids is 2. The minimum absolute atomic E-state index is 0.0869. The van der Waals surface area contributed by atoms with Gasteiger partial charge in [0.1, 0.15) is 0 Å². The molecule has 0 aromatic heterocycles. The average molecular weight is 324 g/mol. The van der Waals surface area contributed by atoms with E-state index in [1.807, 2.05) is 19.1 Å². The zero-order valence-corrected chi connectivity index (χ0v) is 13.7. The van der Waals surface area contributed by atoms with Crippen LogP contribution in [0.1, 0.15) is 38.7 Å². The fourth-order valence-electron chi connectivity index (χ4n) is 1.64. The van der Waals surface area contributed by atoms with Crippen LogP contribution < -0.4 is 16.2 Å². The minimum Gasteiger partial charge on any atom is -0.348 e. The van der Waals surface area contributed by atoms with Crippen LogP contribution in [0.25, 0.3) is 0 Å². The Hall–Kier alpha value is -2.01. The molecule has 0 unspecified atom stereocenters. The van der Waals surface area contributed by atoms with Gasteiger partial charge in [-0.25, -0.2) is 0 Å². The van der Waals surface area contributed by atoms with Gasteiger partial charge in [0, 0.05) is 29.8 Å². The van der Waals surface area contributed by atoms with Crippen LogP contribution >= 0.6 is 11.6 Å². The lowest BCUT2D eigenvalue weighted by Gasteiger charge is -2.08. The summed E-state index contributed by atoms with van der Waals surface area (Å²) in [5.74, 6) is -0.320. The molecule has 0 aliphatic rings. The maximum absolute atomic E-state index is 11.7. The molecular formula is C16H22ClN3O2. The first-order chi connectivity index (χ1) is 10.5. The van der Waals surface area contributed by atoms with Gasteiger partial charge >= 0.3 is 0 Å². The summed E-state index contributed by atoms with van der Waals surface area (Å²) in [6.45, 7) is 4.15. The van der Waals surface area contributed by atoms with E-state index in [-0.39, 0.29) is 11.8 Å². The van der Waals surface area contributed by atoms with E-state index in [1.165, 1.54) is 6.08 Å². The number of carbonyl (C=O) groups is 2. The van der Waals surface area contributed by atoms with Gasteiger partial charge in [-0.3, -0.25) is 15.0 Å². The van der Waals surface area contributed by atoms with Gasteiger partial charge in [0.05, 0.1) is 0 Å². The number of nitrogens with one attached hydrogen (secondary N) is 3. The summed E-state index contributed by atoms with van der Waals surface area (Å²) in [5.41, 5.74) is 6.79. The van der Waals surface area contributed by atoms with Crippen LogP contribution in [0.5, 0.6) is 0 Å². The van der Waals surface area contributed by atoms with Gasteiger partial charge in [-0.05, 0) is 31.0 Å². The predicted octanol–water partition coefficient (Wildman–Crippen LogP) is 2.67. The zero-order valence-electron chi connectivity index (χ0n) is 12.9. The highest BCUT2D eigenvalue weighted by molar-refractivity contribution is 6.30. The van der Waals surface area contributed by atoms with Crippen LogP contribution in [-0.4, -0.2) is 11.8 Å². The van der Waals surface area contributed by atoms with Gasteiger partial charge in [0.2, 0.25) is 11.8 Å². The molecular weight excluding hydrogens is 302 g/mol. The molecule has 0 radical (unpaired) electrons. The number of halogens is 1.